The van der Waals surface area contributed by atoms with E-state index in [1.807, 2.05) is 35.8 Å². The maximum atomic E-state index is 10.7. The Bertz CT molecular complexity index is 1170. The van der Waals surface area contributed by atoms with E-state index in [0.717, 1.165) is 22.5 Å². The molecule has 10 heteroatoms. The van der Waals surface area contributed by atoms with Crippen molar-refractivity contribution in [2.24, 2.45) is 5.16 Å². The van der Waals surface area contributed by atoms with Crippen LogP contribution in [-0.2, 0) is 21.2 Å². The van der Waals surface area contributed by atoms with Crippen molar-refractivity contribution in [3.63, 3.8) is 0 Å². The Kier molecular flexibility index (Phi) is 6.14. The molecular weight excluding hydrogens is 417 g/mol. The van der Waals surface area contributed by atoms with Gasteiger partial charge in [-0.05, 0) is 24.6 Å². The van der Waals surface area contributed by atoms with Crippen LogP contribution in [0.4, 0.5) is 0 Å². The van der Waals surface area contributed by atoms with Crippen molar-refractivity contribution in [1.82, 2.24) is 9.55 Å². The van der Waals surface area contributed by atoms with Gasteiger partial charge < -0.3 is 9.12 Å². The summed E-state index contributed by atoms with van der Waals surface area (Å²) >= 11 is 6.33. The average Bonchev–Trinajstić information content (AvgIpc) is 2.97. The molecule has 0 spiro atoms. The maximum Gasteiger partial charge on any atom is 1.00 e. The van der Waals surface area contributed by atoms with Crippen molar-refractivity contribution >= 4 is 38.7 Å². The number of hydrogen-bond donors (Lipinski definition) is 0. The van der Waals surface area contributed by atoms with E-state index in [4.69, 9.17) is 16.6 Å². The number of rotatable bonds is 3. The number of aromatic nitrogens is 2. The second-order valence-corrected chi connectivity index (χ2v) is 7.34. The summed E-state index contributed by atoms with van der Waals surface area (Å²) in [6.45, 7) is 2.52. The molecule has 0 saturated carbocycles. The molecule has 2 aromatic carbocycles. The van der Waals surface area contributed by atoms with Gasteiger partial charge in [-0.15, -0.1) is 0 Å². The second-order valence-electron chi connectivity index (χ2n) is 5.96. The number of hydrogen-bond acceptors (Lipinski definition) is 6. The first-order valence-electron chi connectivity index (χ1n) is 7.81. The Labute approximate surface area is 203 Å². The van der Waals surface area contributed by atoms with Gasteiger partial charge in [0, 0.05) is 24.1 Å². The monoisotopic (exact) mass is 429 g/mol. The molecule has 7 nitrogen and oxygen atoms in total. The van der Waals surface area contributed by atoms with Gasteiger partial charge in [0.2, 0.25) is 0 Å². The molecule has 27 heavy (non-hydrogen) atoms. The van der Waals surface area contributed by atoms with Crippen molar-refractivity contribution in [3.8, 4) is 11.4 Å². The average molecular weight is 430 g/mol. The van der Waals surface area contributed by atoms with Crippen LogP contribution < -0.4 is 51.4 Å². The van der Waals surface area contributed by atoms with Gasteiger partial charge in [0.15, 0.2) is 0 Å². The first kappa shape index (κ1) is 20.9. The van der Waals surface area contributed by atoms with E-state index in [2.05, 4.69) is 9.44 Å². The minimum Gasteiger partial charge on any atom is -0.714 e. The number of imidazole rings is 1. The van der Waals surface area contributed by atoms with Gasteiger partial charge in [-0.1, -0.05) is 41.0 Å². The van der Waals surface area contributed by atoms with Gasteiger partial charge in [0.05, 0.1) is 16.3 Å². The van der Waals surface area contributed by atoms with Gasteiger partial charge in [-0.2, -0.15) is 8.42 Å². The quantitative estimate of drug-likeness (QED) is 0.257. The molecule has 0 bridgehead atoms. The van der Waals surface area contributed by atoms with Gasteiger partial charge in [-0.25, -0.2) is 4.98 Å². The molecule has 0 N–H and O–H groups in total. The molecule has 3 aromatic rings. The molecule has 0 amide bonds. The Morgan fingerprint density at radius 1 is 1.22 bits per heavy atom. The fourth-order valence-electron chi connectivity index (χ4n) is 3.22. The largest absolute Gasteiger partial charge is 1.00 e. The fourth-order valence-corrected chi connectivity index (χ4v) is 3.60. The minimum atomic E-state index is -4.91. The Morgan fingerprint density at radius 3 is 2.67 bits per heavy atom. The molecule has 0 aliphatic carbocycles. The third-order valence-corrected chi connectivity index (χ3v) is 4.92. The van der Waals surface area contributed by atoms with Crippen molar-refractivity contribution in [2.75, 3.05) is 0 Å². The maximum absolute atomic E-state index is 10.7. The van der Waals surface area contributed by atoms with E-state index < -0.39 is 10.4 Å². The summed E-state index contributed by atoms with van der Waals surface area (Å²) < 4.78 is 38.3. The molecule has 0 fully saturated rings. The Balaban J connectivity index is 0.00000210. The molecule has 0 atom stereocenters. The second kappa shape index (κ2) is 7.92. The molecule has 4 rings (SSSR count). The zero-order chi connectivity index (χ0) is 18.5. The first-order valence-corrected chi connectivity index (χ1v) is 9.53. The number of aryl methyl sites for hydroxylation is 2. The molecule has 134 valence electrons. The van der Waals surface area contributed by atoms with Gasteiger partial charge in [0.1, 0.15) is 11.3 Å². The fraction of sp³-hybridized carbons (Fsp3) is 0.176. The van der Waals surface area contributed by atoms with Crippen LogP contribution in [0.25, 0.3) is 22.4 Å². The van der Waals surface area contributed by atoms with Crippen LogP contribution in [0.3, 0.4) is 0 Å². The van der Waals surface area contributed by atoms with Crippen LogP contribution in [0.2, 0.25) is 5.02 Å². The van der Waals surface area contributed by atoms with Crippen LogP contribution in [0.1, 0.15) is 17.5 Å². The Morgan fingerprint density at radius 2 is 1.96 bits per heavy atom. The number of nitrogens with zero attached hydrogens (tertiary/aromatic N) is 3. The summed E-state index contributed by atoms with van der Waals surface area (Å²) in [5.74, 6) is 0.781. The molecule has 1 aliphatic heterocycles. The summed E-state index contributed by atoms with van der Waals surface area (Å²) in [4.78, 5) is 4.71. The Hall–Kier alpha value is -0.784. The number of halogens is 1. The summed E-state index contributed by atoms with van der Waals surface area (Å²) in [5, 5.41) is 4.02. The van der Waals surface area contributed by atoms with E-state index in [1.165, 1.54) is 0 Å². The van der Waals surface area contributed by atoms with E-state index in [-0.39, 0.29) is 51.4 Å². The van der Waals surface area contributed by atoms with Crippen molar-refractivity contribution in [1.29, 1.82) is 0 Å². The third kappa shape index (κ3) is 4.01. The van der Waals surface area contributed by atoms with Gasteiger partial charge >= 0.3 is 51.4 Å². The first-order chi connectivity index (χ1) is 12.3. The number of oxime groups is 1. The van der Waals surface area contributed by atoms with E-state index >= 15 is 0 Å². The summed E-state index contributed by atoms with van der Waals surface area (Å²) in [6.07, 6.45) is 0.397. The van der Waals surface area contributed by atoms with E-state index in [9.17, 15) is 13.0 Å². The van der Waals surface area contributed by atoms with Gasteiger partial charge in [-0.3, -0.25) is 4.28 Å². The minimum absolute atomic E-state index is 0. The molecule has 1 aliphatic rings. The van der Waals surface area contributed by atoms with Crippen LogP contribution in [-0.4, -0.2) is 28.2 Å². The molecule has 0 saturated heterocycles. The van der Waals surface area contributed by atoms with Crippen molar-refractivity contribution < 1.29 is 68.6 Å². The molecular formula is C17H13ClKN3O4S. The van der Waals surface area contributed by atoms with Crippen molar-refractivity contribution in [2.45, 2.75) is 19.9 Å². The van der Waals surface area contributed by atoms with E-state index in [1.54, 1.807) is 12.1 Å². The molecule has 0 radical (unpaired) electrons. The molecule has 2 heterocycles. The predicted molar refractivity (Wildman–Crippen MR) is 96.9 cm³/mol. The molecule has 1 aromatic heterocycles. The number of benzene rings is 2. The SMILES string of the molecule is Cc1ccccc1-c1nc2c(Cl)ccc3c2n1CC/C3=N/OS(=O)(=O)[O-].[K+]. The molecule has 0 unspecified atom stereocenters. The van der Waals surface area contributed by atoms with E-state index in [0.29, 0.717) is 34.8 Å². The summed E-state index contributed by atoms with van der Waals surface area (Å²) in [6, 6.07) is 11.3. The standard InChI is InChI=1S/C17H14ClN3O4S.K/c1-10-4-2-3-5-11(10)17-19-15-13(18)7-6-12-14(20-25-26(22,23)24)8-9-21(17)16(12)15;/h2-7H,8-9H2,1H3,(H,22,23,24);/q;+1/p-1/b20-14-;. The summed E-state index contributed by atoms with van der Waals surface area (Å²) in [7, 11) is -4.91. The topological polar surface area (TPSA) is 96.6 Å². The van der Waals surface area contributed by atoms with Gasteiger partial charge in [0.25, 0.3) is 10.4 Å². The van der Waals surface area contributed by atoms with Crippen LogP contribution >= 0.6 is 11.6 Å². The van der Waals surface area contributed by atoms with Crippen LogP contribution in [0.5, 0.6) is 0 Å². The third-order valence-electron chi connectivity index (χ3n) is 4.35. The predicted octanol–water partition coefficient (Wildman–Crippen LogP) is 0.254. The van der Waals surface area contributed by atoms with Crippen LogP contribution in [0, 0.1) is 6.92 Å². The normalized spacial score (nSPS) is 15.0. The summed E-state index contributed by atoms with van der Waals surface area (Å²) in [5.41, 5.74) is 4.43. The smallest absolute Gasteiger partial charge is 0.714 e. The zero-order valence-corrected chi connectivity index (χ0v) is 19.3. The zero-order valence-electron chi connectivity index (χ0n) is 14.6. The van der Waals surface area contributed by atoms with Crippen molar-refractivity contribution in [3.05, 3.63) is 52.5 Å². The van der Waals surface area contributed by atoms with Crippen LogP contribution in [0.15, 0.2) is 41.6 Å².